The Bertz CT molecular complexity index is 437. The molecular formula is C14H19ClN2O2. The number of carbonyl (C=O) groups is 1. The van der Waals surface area contributed by atoms with E-state index < -0.39 is 0 Å². The zero-order valence-corrected chi connectivity index (χ0v) is 11.6. The Morgan fingerprint density at radius 3 is 3.11 bits per heavy atom. The van der Waals surface area contributed by atoms with Gasteiger partial charge in [-0.05, 0) is 30.7 Å². The van der Waals surface area contributed by atoms with Crippen LogP contribution in [0.15, 0.2) is 24.3 Å². The second-order valence-corrected chi connectivity index (χ2v) is 5.15. The van der Waals surface area contributed by atoms with Gasteiger partial charge in [-0.2, -0.15) is 0 Å². The minimum atomic E-state index is 0.0714. The van der Waals surface area contributed by atoms with Crippen LogP contribution in [0, 0.1) is 0 Å². The topological polar surface area (TPSA) is 55.6 Å². The van der Waals surface area contributed by atoms with E-state index in [-0.39, 0.29) is 12.0 Å². The highest BCUT2D eigenvalue weighted by molar-refractivity contribution is 6.30. The van der Waals surface area contributed by atoms with Gasteiger partial charge in [-0.15, -0.1) is 0 Å². The van der Waals surface area contributed by atoms with Crippen molar-refractivity contribution >= 4 is 17.5 Å². The highest BCUT2D eigenvalue weighted by atomic mass is 35.5. The summed E-state index contributed by atoms with van der Waals surface area (Å²) >= 11 is 5.92. The molecule has 0 unspecified atom stereocenters. The minimum Gasteiger partial charge on any atom is -0.374 e. The lowest BCUT2D eigenvalue weighted by Crippen LogP contribution is -2.46. The van der Waals surface area contributed by atoms with Gasteiger partial charge < -0.3 is 15.4 Å². The first kappa shape index (κ1) is 14.3. The molecule has 5 heteroatoms. The molecule has 2 N–H and O–H groups in total. The van der Waals surface area contributed by atoms with Crippen molar-refractivity contribution < 1.29 is 9.53 Å². The summed E-state index contributed by atoms with van der Waals surface area (Å²) < 4.78 is 5.57. The number of hydrogen-bond donors (Lipinski definition) is 1. The predicted molar refractivity (Wildman–Crippen MR) is 75.1 cm³/mol. The Balaban J connectivity index is 1.92. The van der Waals surface area contributed by atoms with E-state index in [1.165, 1.54) is 0 Å². The molecule has 0 bridgehead atoms. The van der Waals surface area contributed by atoms with E-state index in [2.05, 4.69) is 0 Å². The van der Waals surface area contributed by atoms with Gasteiger partial charge in [0.1, 0.15) is 0 Å². The van der Waals surface area contributed by atoms with Crippen molar-refractivity contribution in [2.75, 3.05) is 26.2 Å². The van der Waals surface area contributed by atoms with Crippen LogP contribution in [-0.2, 0) is 16.0 Å². The van der Waals surface area contributed by atoms with Crippen LogP contribution in [0.1, 0.15) is 12.0 Å². The van der Waals surface area contributed by atoms with E-state index in [1.807, 2.05) is 29.2 Å². The molecule has 1 fully saturated rings. The normalized spacial score (nSPS) is 19.5. The summed E-state index contributed by atoms with van der Waals surface area (Å²) in [6.45, 7) is 2.46. The van der Waals surface area contributed by atoms with Crippen LogP contribution in [0.3, 0.4) is 0 Å². The van der Waals surface area contributed by atoms with Gasteiger partial charge in [0.05, 0.1) is 19.1 Å². The monoisotopic (exact) mass is 282 g/mol. The Labute approximate surface area is 118 Å². The van der Waals surface area contributed by atoms with E-state index in [4.69, 9.17) is 22.1 Å². The zero-order valence-electron chi connectivity index (χ0n) is 10.8. The predicted octanol–water partition coefficient (Wildman–Crippen LogP) is 1.46. The average molecular weight is 283 g/mol. The number of halogens is 1. The lowest BCUT2D eigenvalue weighted by molar-refractivity contribution is -0.138. The van der Waals surface area contributed by atoms with Gasteiger partial charge in [-0.3, -0.25) is 4.79 Å². The number of amides is 1. The van der Waals surface area contributed by atoms with Crippen molar-refractivity contribution in [3.05, 3.63) is 34.9 Å². The zero-order chi connectivity index (χ0) is 13.7. The summed E-state index contributed by atoms with van der Waals surface area (Å²) in [6.07, 6.45) is 1.25. The molecule has 1 aliphatic rings. The standard InChI is InChI=1S/C14H19ClN2O2/c15-12-3-1-2-11(8-12)9-14(18)17-6-7-19-13(10-17)4-5-16/h1-3,8,13H,4-7,9-10,16H2/t13-/m1/s1. The molecule has 19 heavy (non-hydrogen) atoms. The number of nitrogens with zero attached hydrogens (tertiary/aromatic N) is 1. The van der Waals surface area contributed by atoms with Crippen LogP contribution in [0.4, 0.5) is 0 Å². The highest BCUT2D eigenvalue weighted by Gasteiger charge is 2.23. The molecule has 1 aliphatic heterocycles. The number of rotatable bonds is 4. The number of nitrogens with two attached hydrogens (primary N) is 1. The molecule has 0 aromatic heterocycles. The van der Waals surface area contributed by atoms with Gasteiger partial charge in [-0.25, -0.2) is 0 Å². The maximum Gasteiger partial charge on any atom is 0.227 e. The summed E-state index contributed by atoms with van der Waals surface area (Å²) in [5.41, 5.74) is 6.47. The summed E-state index contributed by atoms with van der Waals surface area (Å²) in [4.78, 5) is 14.1. The Kier molecular flexibility index (Phi) is 5.19. The van der Waals surface area contributed by atoms with Crippen molar-refractivity contribution in [2.24, 2.45) is 5.73 Å². The van der Waals surface area contributed by atoms with Crippen molar-refractivity contribution in [1.29, 1.82) is 0 Å². The van der Waals surface area contributed by atoms with Crippen LogP contribution in [0.5, 0.6) is 0 Å². The van der Waals surface area contributed by atoms with Gasteiger partial charge in [0.15, 0.2) is 0 Å². The molecule has 1 aromatic rings. The molecule has 0 spiro atoms. The molecular weight excluding hydrogens is 264 g/mol. The van der Waals surface area contributed by atoms with Gasteiger partial charge >= 0.3 is 0 Å². The van der Waals surface area contributed by atoms with Crippen molar-refractivity contribution in [2.45, 2.75) is 18.9 Å². The molecule has 2 rings (SSSR count). The van der Waals surface area contributed by atoms with Crippen LogP contribution < -0.4 is 5.73 Å². The first-order valence-corrected chi connectivity index (χ1v) is 6.90. The van der Waals surface area contributed by atoms with Gasteiger partial charge in [-0.1, -0.05) is 23.7 Å². The average Bonchev–Trinajstić information content (AvgIpc) is 2.39. The fraction of sp³-hybridized carbons (Fsp3) is 0.500. The van der Waals surface area contributed by atoms with Gasteiger partial charge in [0.2, 0.25) is 5.91 Å². The van der Waals surface area contributed by atoms with E-state index in [0.29, 0.717) is 37.7 Å². The van der Waals surface area contributed by atoms with Gasteiger partial charge in [0, 0.05) is 18.1 Å². The third kappa shape index (κ3) is 4.20. The second kappa shape index (κ2) is 6.89. The summed E-state index contributed by atoms with van der Waals surface area (Å²) in [6, 6.07) is 7.42. The van der Waals surface area contributed by atoms with Crippen molar-refractivity contribution in [3.8, 4) is 0 Å². The summed E-state index contributed by atoms with van der Waals surface area (Å²) in [7, 11) is 0. The number of benzene rings is 1. The van der Waals surface area contributed by atoms with E-state index in [1.54, 1.807) is 0 Å². The molecule has 0 aliphatic carbocycles. The molecule has 1 amide bonds. The molecule has 4 nitrogen and oxygen atoms in total. The van der Waals surface area contributed by atoms with Crippen LogP contribution in [-0.4, -0.2) is 43.2 Å². The number of hydrogen-bond acceptors (Lipinski definition) is 3. The first-order chi connectivity index (χ1) is 9.19. The van der Waals surface area contributed by atoms with Gasteiger partial charge in [0.25, 0.3) is 0 Å². The summed E-state index contributed by atoms with van der Waals surface area (Å²) in [5.74, 6) is 0.118. The number of ether oxygens (including phenoxy) is 1. The maximum atomic E-state index is 12.2. The van der Waals surface area contributed by atoms with E-state index in [9.17, 15) is 4.79 Å². The highest BCUT2D eigenvalue weighted by Crippen LogP contribution is 2.14. The minimum absolute atomic E-state index is 0.0714. The first-order valence-electron chi connectivity index (χ1n) is 6.53. The fourth-order valence-corrected chi connectivity index (χ4v) is 2.45. The van der Waals surface area contributed by atoms with Crippen LogP contribution >= 0.6 is 11.6 Å². The molecule has 0 saturated carbocycles. The van der Waals surface area contributed by atoms with Crippen molar-refractivity contribution in [3.63, 3.8) is 0 Å². The van der Waals surface area contributed by atoms with E-state index >= 15 is 0 Å². The lowest BCUT2D eigenvalue weighted by atomic mass is 10.1. The number of carbonyl (C=O) groups excluding carboxylic acids is 1. The molecule has 1 saturated heterocycles. The second-order valence-electron chi connectivity index (χ2n) is 4.72. The van der Waals surface area contributed by atoms with E-state index in [0.717, 1.165) is 12.0 Å². The maximum absolute atomic E-state index is 12.2. The molecule has 1 atom stereocenters. The molecule has 0 radical (unpaired) electrons. The third-order valence-electron chi connectivity index (χ3n) is 3.22. The third-order valence-corrected chi connectivity index (χ3v) is 3.46. The molecule has 104 valence electrons. The molecule has 1 heterocycles. The lowest BCUT2D eigenvalue weighted by Gasteiger charge is -2.33. The largest absolute Gasteiger partial charge is 0.374 e. The van der Waals surface area contributed by atoms with Crippen molar-refractivity contribution in [1.82, 2.24) is 4.90 Å². The Morgan fingerprint density at radius 1 is 1.53 bits per heavy atom. The SMILES string of the molecule is NCC[C@@H]1CN(C(=O)Cc2cccc(Cl)c2)CCO1. The Morgan fingerprint density at radius 2 is 2.37 bits per heavy atom. The smallest absolute Gasteiger partial charge is 0.227 e. The quantitative estimate of drug-likeness (QED) is 0.910. The van der Waals surface area contributed by atoms with Crippen LogP contribution in [0.25, 0.3) is 0 Å². The van der Waals surface area contributed by atoms with Crippen LogP contribution in [0.2, 0.25) is 5.02 Å². The number of morpholine rings is 1. The summed E-state index contributed by atoms with van der Waals surface area (Å²) in [5, 5.41) is 0.660. The fourth-order valence-electron chi connectivity index (χ4n) is 2.24. The molecule has 1 aromatic carbocycles. The Hall–Kier alpha value is -1.10.